The lowest BCUT2D eigenvalue weighted by Crippen LogP contribution is -2.39. The van der Waals surface area contributed by atoms with Gasteiger partial charge in [0, 0.05) is 19.6 Å². The van der Waals surface area contributed by atoms with Crippen molar-refractivity contribution in [1.82, 2.24) is 9.88 Å². The molecule has 0 radical (unpaired) electrons. The molecule has 2 N–H and O–H groups in total. The molecule has 1 amide bonds. The number of halogens is 2. The smallest absolute Gasteiger partial charge is 0.265 e. The zero-order chi connectivity index (χ0) is 13.0. The van der Waals surface area contributed by atoms with E-state index >= 15 is 0 Å². The van der Waals surface area contributed by atoms with Gasteiger partial charge in [0.2, 0.25) is 0 Å². The molecule has 0 saturated carbocycles. The molecule has 19 heavy (non-hydrogen) atoms. The average Bonchev–Trinajstić information content (AvgIpc) is 2.68. The van der Waals surface area contributed by atoms with E-state index in [9.17, 15) is 4.79 Å². The van der Waals surface area contributed by atoms with Crippen molar-refractivity contribution < 1.29 is 4.79 Å². The summed E-state index contributed by atoms with van der Waals surface area (Å²) in [4.78, 5) is 19.1. The maximum absolute atomic E-state index is 12.2. The molecule has 0 spiro atoms. The van der Waals surface area contributed by atoms with Crippen LogP contribution in [0.1, 0.15) is 40.6 Å². The quantitative estimate of drug-likeness (QED) is 0.904. The minimum atomic E-state index is 0. The molecule has 1 unspecified atom stereocenters. The number of aryl methyl sites for hydroxylation is 2. The van der Waals surface area contributed by atoms with E-state index in [2.05, 4.69) is 11.9 Å². The van der Waals surface area contributed by atoms with E-state index < -0.39 is 0 Å². The van der Waals surface area contributed by atoms with E-state index in [4.69, 9.17) is 5.73 Å². The van der Waals surface area contributed by atoms with Crippen molar-refractivity contribution in [2.75, 3.05) is 13.6 Å². The van der Waals surface area contributed by atoms with E-state index in [-0.39, 0.29) is 36.8 Å². The first-order valence-electron chi connectivity index (χ1n) is 5.94. The number of carbonyl (C=O) groups excluding carboxylic acids is 1. The van der Waals surface area contributed by atoms with E-state index in [1.807, 2.05) is 13.8 Å². The van der Waals surface area contributed by atoms with E-state index in [0.29, 0.717) is 6.54 Å². The predicted molar refractivity (Wildman–Crippen MR) is 86.0 cm³/mol. The highest BCUT2D eigenvalue weighted by Crippen LogP contribution is 2.21. The number of aromatic nitrogens is 1. The van der Waals surface area contributed by atoms with Gasteiger partial charge < -0.3 is 10.6 Å². The van der Waals surface area contributed by atoms with Crippen LogP contribution in [-0.2, 0) is 6.42 Å². The Labute approximate surface area is 131 Å². The fourth-order valence-electron chi connectivity index (χ4n) is 1.49. The summed E-state index contributed by atoms with van der Waals surface area (Å²) in [7, 11) is 1.79. The standard InChI is InChI=1S/C12H21N3OS.2ClH/c1-5-6-10-14-9(3)11(17-10)12(16)15(4)8(2)7-13;;/h8H,5-7,13H2,1-4H3;2*1H. The molecular weight excluding hydrogens is 305 g/mol. The Morgan fingerprint density at radius 3 is 2.53 bits per heavy atom. The molecule has 0 aliphatic heterocycles. The first-order valence-corrected chi connectivity index (χ1v) is 6.76. The van der Waals surface area contributed by atoms with Crippen molar-refractivity contribution >= 4 is 42.1 Å². The summed E-state index contributed by atoms with van der Waals surface area (Å²) in [5.74, 6) is 0.0281. The number of hydrogen-bond donors (Lipinski definition) is 1. The Balaban J connectivity index is 0. The van der Waals surface area contributed by atoms with Crippen LogP contribution in [0.2, 0.25) is 0 Å². The van der Waals surface area contributed by atoms with Crippen molar-refractivity contribution in [3.05, 3.63) is 15.6 Å². The molecule has 112 valence electrons. The predicted octanol–water partition coefficient (Wildman–Crippen LogP) is 2.67. The first-order chi connectivity index (χ1) is 8.01. The lowest BCUT2D eigenvalue weighted by atomic mass is 10.2. The summed E-state index contributed by atoms with van der Waals surface area (Å²) in [6.07, 6.45) is 1.99. The van der Waals surface area contributed by atoms with Gasteiger partial charge in [-0.05, 0) is 26.7 Å². The highest BCUT2D eigenvalue weighted by atomic mass is 35.5. The van der Waals surface area contributed by atoms with Crippen LogP contribution in [-0.4, -0.2) is 35.4 Å². The topological polar surface area (TPSA) is 59.2 Å². The summed E-state index contributed by atoms with van der Waals surface area (Å²) in [6, 6.07) is 0.0543. The van der Waals surface area contributed by atoms with Gasteiger partial charge in [-0.15, -0.1) is 36.2 Å². The second-order valence-corrected chi connectivity index (χ2v) is 5.36. The van der Waals surface area contributed by atoms with Gasteiger partial charge in [0.15, 0.2) is 0 Å². The minimum absolute atomic E-state index is 0. The number of thiazole rings is 1. The highest BCUT2D eigenvalue weighted by Gasteiger charge is 2.21. The summed E-state index contributed by atoms with van der Waals surface area (Å²) < 4.78 is 0. The van der Waals surface area contributed by atoms with Gasteiger partial charge in [0.1, 0.15) is 4.88 Å². The Morgan fingerprint density at radius 1 is 1.47 bits per heavy atom. The number of hydrogen-bond acceptors (Lipinski definition) is 4. The Bertz CT molecular complexity index is 398. The highest BCUT2D eigenvalue weighted by molar-refractivity contribution is 7.13. The zero-order valence-electron chi connectivity index (χ0n) is 11.8. The van der Waals surface area contributed by atoms with Crippen molar-refractivity contribution in [3.63, 3.8) is 0 Å². The summed E-state index contributed by atoms with van der Waals surface area (Å²) in [5, 5.41) is 1.04. The van der Waals surface area contributed by atoms with Crippen LogP contribution in [0.3, 0.4) is 0 Å². The van der Waals surface area contributed by atoms with Gasteiger partial charge >= 0.3 is 0 Å². The van der Waals surface area contributed by atoms with Crippen molar-refractivity contribution in [1.29, 1.82) is 0 Å². The number of rotatable bonds is 5. The molecular formula is C12H23Cl2N3OS. The fraction of sp³-hybridized carbons (Fsp3) is 0.667. The Morgan fingerprint density at radius 2 is 2.05 bits per heavy atom. The average molecular weight is 328 g/mol. The molecule has 0 bridgehead atoms. The molecule has 0 aromatic carbocycles. The lowest BCUT2D eigenvalue weighted by molar-refractivity contribution is 0.0752. The van der Waals surface area contributed by atoms with Crippen LogP contribution in [0, 0.1) is 6.92 Å². The molecule has 0 fully saturated rings. The first kappa shape index (κ1) is 20.9. The molecule has 1 heterocycles. The van der Waals surface area contributed by atoms with Gasteiger partial charge in [-0.1, -0.05) is 6.92 Å². The van der Waals surface area contributed by atoms with Crippen molar-refractivity contribution in [3.8, 4) is 0 Å². The molecule has 4 nitrogen and oxygen atoms in total. The SMILES string of the molecule is CCCc1nc(C)c(C(=O)N(C)C(C)CN)s1.Cl.Cl. The Hall–Kier alpha value is -0.360. The third kappa shape index (κ3) is 5.26. The normalized spacial score (nSPS) is 11.2. The Kier molecular flexibility index (Phi) is 10.5. The molecule has 1 atom stereocenters. The maximum Gasteiger partial charge on any atom is 0.265 e. The number of likely N-dealkylation sites (N-methyl/N-ethyl adjacent to an activating group) is 1. The van der Waals surface area contributed by atoms with Crippen molar-refractivity contribution in [2.24, 2.45) is 5.73 Å². The second-order valence-electron chi connectivity index (χ2n) is 4.27. The van der Waals surface area contributed by atoms with Crippen LogP contribution in [0.15, 0.2) is 0 Å². The number of nitrogens with two attached hydrogens (primary N) is 1. The van der Waals surface area contributed by atoms with E-state index in [1.54, 1.807) is 11.9 Å². The van der Waals surface area contributed by atoms with Crippen LogP contribution < -0.4 is 5.73 Å². The molecule has 1 aromatic rings. The maximum atomic E-state index is 12.2. The molecule has 1 rings (SSSR count). The van der Waals surface area contributed by atoms with Crippen LogP contribution in [0.5, 0.6) is 0 Å². The second kappa shape index (κ2) is 9.53. The van der Waals surface area contributed by atoms with Crippen LogP contribution in [0.25, 0.3) is 0 Å². The number of carbonyl (C=O) groups is 1. The lowest BCUT2D eigenvalue weighted by Gasteiger charge is -2.23. The number of nitrogens with zero attached hydrogens (tertiary/aromatic N) is 2. The molecule has 7 heteroatoms. The number of amides is 1. The molecule has 0 aliphatic rings. The zero-order valence-corrected chi connectivity index (χ0v) is 14.3. The van der Waals surface area contributed by atoms with E-state index in [0.717, 1.165) is 28.4 Å². The molecule has 0 aliphatic carbocycles. The summed E-state index contributed by atoms with van der Waals surface area (Å²) in [6.45, 7) is 6.42. The van der Waals surface area contributed by atoms with Crippen LogP contribution in [0.4, 0.5) is 0 Å². The van der Waals surface area contributed by atoms with Crippen LogP contribution >= 0.6 is 36.2 Å². The molecule has 0 saturated heterocycles. The van der Waals surface area contributed by atoms with Gasteiger partial charge in [0.05, 0.1) is 10.7 Å². The van der Waals surface area contributed by atoms with E-state index in [1.165, 1.54) is 11.3 Å². The summed E-state index contributed by atoms with van der Waals surface area (Å²) >= 11 is 1.51. The largest absolute Gasteiger partial charge is 0.337 e. The third-order valence-corrected chi connectivity index (χ3v) is 4.03. The van der Waals surface area contributed by atoms with Gasteiger partial charge in [0.25, 0.3) is 5.91 Å². The minimum Gasteiger partial charge on any atom is -0.337 e. The van der Waals surface area contributed by atoms with Gasteiger partial charge in [-0.3, -0.25) is 4.79 Å². The third-order valence-electron chi connectivity index (χ3n) is 2.82. The monoisotopic (exact) mass is 327 g/mol. The summed E-state index contributed by atoms with van der Waals surface area (Å²) in [5.41, 5.74) is 6.41. The fourth-order valence-corrected chi connectivity index (χ4v) is 2.64. The van der Waals surface area contributed by atoms with Crippen molar-refractivity contribution in [2.45, 2.75) is 39.7 Å². The van der Waals surface area contributed by atoms with Gasteiger partial charge in [-0.25, -0.2) is 4.98 Å². The van der Waals surface area contributed by atoms with Gasteiger partial charge in [-0.2, -0.15) is 0 Å². The molecule has 1 aromatic heterocycles.